The van der Waals surface area contributed by atoms with Crippen LogP contribution in [0.15, 0.2) is 36.7 Å². The minimum atomic E-state index is -1.30. The van der Waals surface area contributed by atoms with Crippen molar-refractivity contribution in [2.75, 3.05) is 6.61 Å². The van der Waals surface area contributed by atoms with E-state index in [-0.39, 0.29) is 22.1 Å². The average molecular weight is 417 g/mol. The first-order valence-corrected chi connectivity index (χ1v) is 9.14. The SMILES string of the molecule is OC[C@H]1O[C@@H](n2cnc3c(Cl)nc(C#C[C@H](O)c4ccccc4)nc32)[C@H](O)[C@@H]1O. The summed E-state index contributed by atoms with van der Waals surface area (Å²) in [5.41, 5.74) is 1.13. The minimum absolute atomic E-state index is 0.0407. The maximum atomic E-state index is 10.3. The van der Waals surface area contributed by atoms with E-state index in [0.29, 0.717) is 5.56 Å². The van der Waals surface area contributed by atoms with Crippen LogP contribution in [-0.4, -0.2) is 64.9 Å². The Morgan fingerprint density at radius 2 is 1.93 bits per heavy atom. The number of aliphatic hydroxyl groups excluding tert-OH is 4. The Balaban J connectivity index is 1.69. The van der Waals surface area contributed by atoms with Crippen LogP contribution in [0, 0.1) is 11.8 Å². The van der Waals surface area contributed by atoms with E-state index in [1.54, 1.807) is 24.3 Å². The number of hydrogen-bond donors (Lipinski definition) is 4. The molecule has 0 saturated carbocycles. The molecule has 10 heteroatoms. The molecule has 0 amide bonds. The Bertz CT molecular complexity index is 1080. The van der Waals surface area contributed by atoms with Gasteiger partial charge in [-0.05, 0) is 11.5 Å². The van der Waals surface area contributed by atoms with Crippen LogP contribution in [0.2, 0.25) is 5.15 Å². The van der Waals surface area contributed by atoms with E-state index in [1.807, 2.05) is 6.07 Å². The maximum Gasteiger partial charge on any atom is 0.208 e. The van der Waals surface area contributed by atoms with Gasteiger partial charge >= 0.3 is 0 Å². The highest BCUT2D eigenvalue weighted by Crippen LogP contribution is 2.32. The minimum Gasteiger partial charge on any atom is -0.394 e. The maximum absolute atomic E-state index is 10.3. The van der Waals surface area contributed by atoms with Crippen LogP contribution in [0.1, 0.15) is 23.7 Å². The third kappa shape index (κ3) is 3.70. The molecule has 1 saturated heterocycles. The summed E-state index contributed by atoms with van der Waals surface area (Å²) < 4.78 is 6.91. The van der Waals surface area contributed by atoms with Crippen molar-refractivity contribution in [2.45, 2.75) is 30.6 Å². The van der Waals surface area contributed by atoms with Crippen molar-refractivity contribution in [1.29, 1.82) is 0 Å². The number of aliphatic hydroxyl groups is 4. The van der Waals surface area contributed by atoms with Gasteiger partial charge in [0.1, 0.15) is 29.9 Å². The van der Waals surface area contributed by atoms with Crippen LogP contribution in [-0.2, 0) is 4.74 Å². The number of aromatic nitrogens is 4. The Labute approximate surface area is 170 Å². The second-order valence-electron chi connectivity index (χ2n) is 6.47. The summed E-state index contributed by atoms with van der Waals surface area (Å²) in [6.45, 7) is -0.453. The number of halogens is 1. The normalized spacial score (nSPS) is 25.0. The Hall–Kier alpha value is -2.58. The van der Waals surface area contributed by atoms with Gasteiger partial charge in [-0.2, -0.15) is 0 Å². The third-order valence-corrected chi connectivity index (χ3v) is 4.87. The van der Waals surface area contributed by atoms with Gasteiger partial charge in [-0.1, -0.05) is 47.9 Å². The molecule has 3 aromatic rings. The van der Waals surface area contributed by atoms with Crippen LogP contribution in [0.3, 0.4) is 0 Å². The predicted molar refractivity (Wildman–Crippen MR) is 102 cm³/mol. The molecule has 0 unspecified atom stereocenters. The van der Waals surface area contributed by atoms with Crippen molar-refractivity contribution in [3.63, 3.8) is 0 Å². The third-order valence-electron chi connectivity index (χ3n) is 4.61. The molecule has 0 bridgehead atoms. The largest absolute Gasteiger partial charge is 0.394 e. The summed E-state index contributed by atoms with van der Waals surface area (Å²) in [4.78, 5) is 12.5. The van der Waals surface area contributed by atoms with Gasteiger partial charge in [-0.25, -0.2) is 15.0 Å². The number of imidazole rings is 1. The molecule has 0 radical (unpaired) electrons. The van der Waals surface area contributed by atoms with E-state index in [4.69, 9.17) is 16.3 Å². The van der Waals surface area contributed by atoms with Gasteiger partial charge < -0.3 is 25.2 Å². The number of rotatable bonds is 3. The zero-order chi connectivity index (χ0) is 20.5. The summed E-state index contributed by atoms with van der Waals surface area (Å²) in [5.74, 6) is 5.39. The molecular formula is C19H17ClN4O5. The van der Waals surface area contributed by atoms with Crippen molar-refractivity contribution in [3.8, 4) is 11.8 Å². The molecule has 0 spiro atoms. The molecule has 9 nitrogen and oxygen atoms in total. The van der Waals surface area contributed by atoms with E-state index < -0.39 is 37.3 Å². The molecule has 1 fully saturated rings. The lowest BCUT2D eigenvalue weighted by Gasteiger charge is -2.16. The average Bonchev–Trinajstić information content (AvgIpc) is 3.28. The topological polar surface area (TPSA) is 134 Å². The number of fused-ring (bicyclic) bond motifs is 1. The second-order valence-corrected chi connectivity index (χ2v) is 6.83. The molecule has 150 valence electrons. The van der Waals surface area contributed by atoms with Gasteiger partial charge in [0, 0.05) is 0 Å². The molecule has 2 aromatic heterocycles. The highest BCUT2D eigenvalue weighted by molar-refractivity contribution is 6.33. The molecule has 4 rings (SSSR count). The predicted octanol–water partition coefficient (Wildman–Crippen LogP) is 0.176. The second kappa shape index (κ2) is 8.04. The first kappa shape index (κ1) is 19.7. The first-order valence-electron chi connectivity index (χ1n) is 8.76. The fraction of sp³-hybridized carbons (Fsp3) is 0.316. The van der Waals surface area contributed by atoms with Crippen LogP contribution < -0.4 is 0 Å². The van der Waals surface area contributed by atoms with Gasteiger partial charge in [0.15, 0.2) is 17.0 Å². The molecule has 5 atom stereocenters. The van der Waals surface area contributed by atoms with Crippen molar-refractivity contribution < 1.29 is 25.2 Å². The van der Waals surface area contributed by atoms with Crippen LogP contribution in [0.25, 0.3) is 11.2 Å². The summed E-state index contributed by atoms with van der Waals surface area (Å²) in [6, 6.07) is 8.90. The quantitative estimate of drug-likeness (QED) is 0.351. The van der Waals surface area contributed by atoms with E-state index in [2.05, 4.69) is 26.8 Å². The number of nitrogens with zero attached hydrogens (tertiary/aromatic N) is 4. The van der Waals surface area contributed by atoms with Crippen molar-refractivity contribution in [3.05, 3.63) is 53.2 Å². The number of ether oxygens (including phenoxy) is 1. The lowest BCUT2D eigenvalue weighted by molar-refractivity contribution is -0.0511. The summed E-state index contributed by atoms with van der Waals surface area (Å²) >= 11 is 6.19. The molecular weight excluding hydrogens is 400 g/mol. The fourth-order valence-electron chi connectivity index (χ4n) is 3.09. The Morgan fingerprint density at radius 3 is 2.62 bits per heavy atom. The van der Waals surface area contributed by atoms with E-state index in [1.165, 1.54) is 10.9 Å². The Kier molecular flexibility index (Phi) is 5.47. The molecule has 1 aliphatic heterocycles. The van der Waals surface area contributed by atoms with Gasteiger partial charge in [0.25, 0.3) is 0 Å². The first-order chi connectivity index (χ1) is 14.0. The lowest BCUT2D eigenvalue weighted by atomic mass is 10.1. The van der Waals surface area contributed by atoms with Gasteiger partial charge in [-0.15, -0.1) is 0 Å². The standard InChI is InChI=1S/C19H17ClN4O5/c20-17-14-18(24(9-21-14)19-16(28)15(27)12(8-25)29-19)23-13(22-17)7-6-11(26)10-4-2-1-3-5-10/h1-5,9,11-12,15-16,19,25-28H,8H2/t11-,12+,15+,16+,19+/m0/s1. The van der Waals surface area contributed by atoms with Crippen LogP contribution in [0.5, 0.6) is 0 Å². The van der Waals surface area contributed by atoms with Crippen molar-refractivity contribution in [1.82, 2.24) is 19.5 Å². The van der Waals surface area contributed by atoms with Gasteiger partial charge in [-0.3, -0.25) is 4.57 Å². The monoisotopic (exact) mass is 416 g/mol. The zero-order valence-corrected chi connectivity index (χ0v) is 15.7. The van der Waals surface area contributed by atoms with E-state index in [0.717, 1.165) is 0 Å². The number of hydrogen-bond acceptors (Lipinski definition) is 8. The van der Waals surface area contributed by atoms with Gasteiger partial charge in [0.05, 0.1) is 12.9 Å². The highest BCUT2D eigenvalue weighted by atomic mass is 35.5. The molecule has 4 N–H and O–H groups in total. The highest BCUT2D eigenvalue weighted by Gasteiger charge is 2.44. The summed E-state index contributed by atoms with van der Waals surface area (Å²) in [6.07, 6.45) is -4.20. The summed E-state index contributed by atoms with van der Waals surface area (Å²) in [5, 5.41) is 39.7. The van der Waals surface area contributed by atoms with Crippen LogP contribution >= 0.6 is 11.6 Å². The van der Waals surface area contributed by atoms with Crippen molar-refractivity contribution in [2.24, 2.45) is 0 Å². The number of benzene rings is 1. The van der Waals surface area contributed by atoms with E-state index >= 15 is 0 Å². The molecule has 3 heterocycles. The van der Waals surface area contributed by atoms with E-state index in [9.17, 15) is 20.4 Å². The lowest BCUT2D eigenvalue weighted by Crippen LogP contribution is -2.33. The Morgan fingerprint density at radius 1 is 1.17 bits per heavy atom. The molecule has 29 heavy (non-hydrogen) atoms. The molecule has 1 aromatic carbocycles. The molecule has 1 aliphatic rings. The molecule has 0 aliphatic carbocycles. The van der Waals surface area contributed by atoms with Gasteiger partial charge in [0.2, 0.25) is 5.82 Å². The zero-order valence-electron chi connectivity index (χ0n) is 14.9. The van der Waals surface area contributed by atoms with Crippen LogP contribution in [0.4, 0.5) is 0 Å². The van der Waals surface area contributed by atoms with Crippen molar-refractivity contribution >= 4 is 22.8 Å². The smallest absolute Gasteiger partial charge is 0.208 e. The summed E-state index contributed by atoms with van der Waals surface area (Å²) in [7, 11) is 0. The fourth-order valence-corrected chi connectivity index (χ4v) is 3.30.